The third-order valence-electron chi connectivity index (χ3n) is 6.13. The van der Waals surface area contributed by atoms with E-state index in [4.69, 9.17) is 4.74 Å². The lowest BCUT2D eigenvalue weighted by Gasteiger charge is -2.59. The first kappa shape index (κ1) is 16.3. The maximum Gasteiger partial charge on any atom is 0.317 e. The molecule has 3 atom stereocenters. The Morgan fingerprint density at radius 2 is 2.17 bits per heavy atom. The van der Waals surface area contributed by atoms with Crippen LogP contribution in [0.3, 0.4) is 0 Å². The number of nitrogens with zero attached hydrogens (tertiary/aromatic N) is 3. The Bertz CT molecular complexity index is 597. The molecule has 1 aromatic heterocycles. The number of amides is 2. The van der Waals surface area contributed by atoms with Crippen molar-refractivity contribution in [3.8, 4) is 0 Å². The van der Waals surface area contributed by atoms with E-state index in [1.165, 1.54) is 0 Å². The topological polar surface area (TPSA) is 59.4 Å². The lowest BCUT2D eigenvalue weighted by Crippen LogP contribution is -2.69. The van der Waals surface area contributed by atoms with Crippen molar-refractivity contribution in [2.45, 2.75) is 58.2 Å². The SMILES string of the molecule is COC1(C)CC(NC(=O)N2CCC(n3cc(C)cn3)C2)C1(C)C. The molecule has 1 N–H and O–H groups in total. The summed E-state index contributed by atoms with van der Waals surface area (Å²) in [5.41, 5.74) is 0.934. The van der Waals surface area contributed by atoms with Gasteiger partial charge in [-0.3, -0.25) is 4.68 Å². The Kier molecular flexibility index (Phi) is 3.91. The second-order valence-electron chi connectivity index (χ2n) is 7.75. The quantitative estimate of drug-likeness (QED) is 0.930. The molecule has 23 heavy (non-hydrogen) atoms. The second kappa shape index (κ2) is 5.51. The zero-order valence-corrected chi connectivity index (χ0v) is 14.8. The van der Waals surface area contributed by atoms with Crippen molar-refractivity contribution in [3.63, 3.8) is 0 Å². The fourth-order valence-electron chi connectivity index (χ4n) is 3.74. The summed E-state index contributed by atoms with van der Waals surface area (Å²) >= 11 is 0. The van der Waals surface area contributed by atoms with Gasteiger partial charge in [0.15, 0.2) is 0 Å². The summed E-state index contributed by atoms with van der Waals surface area (Å²) < 4.78 is 7.61. The fraction of sp³-hybridized carbons (Fsp3) is 0.765. The van der Waals surface area contributed by atoms with E-state index in [2.05, 4.69) is 31.2 Å². The van der Waals surface area contributed by atoms with E-state index in [-0.39, 0.29) is 29.1 Å². The van der Waals surface area contributed by atoms with Gasteiger partial charge < -0.3 is 15.0 Å². The molecule has 1 saturated heterocycles. The average Bonchev–Trinajstić information content (AvgIpc) is 3.15. The van der Waals surface area contributed by atoms with Crippen LogP contribution in [0.5, 0.6) is 0 Å². The maximum atomic E-state index is 12.6. The highest BCUT2D eigenvalue weighted by molar-refractivity contribution is 5.75. The molecule has 2 heterocycles. The minimum atomic E-state index is -0.162. The van der Waals surface area contributed by atoms with E-state index in [1.807, 2.05) is 28.9 Å². The molecule has 1 aliphatic heterocycles. The molecule has 0 spiro atoms. The molecule has 2 fully saturated rings. The van der Waals surface area contributed by atoms with Crippen LogP contribution in [0.15, 0.2) is 12.4 Å². The van der Waals surface area contributed by atoms with Gasteiger partial charge in [0.2, 0.25) is 0 Å². The summed E-state index contributed by atoms with van der Waals surface area (Å²) in [6.45, 7) is 9.97. The van der Waals surface area contributed by atoms with E-state index in [9.17, 15) is 4.79 Å². The fourth-order valence-corrected chi connectivity index (χ4v) is 3.74. The number of rotatable bonds is 3. The number of hydrogen-bond donors (Lipinski definition) is 1. The summed E-state index contributed by atoms with van der Waals surface area (Å²) in [5, 5.41) is 7.57. The van der Waals surface area contributed by atoms with Crippen molar-refractivity contribution in [3.05, 3.63) is 18.0 Å². The van der Waals surface area contributed by atoms with E-state index in [0.717, 1.165) is 31.5 Å². The molecule has 128 valence electrons. The highest BCUT2D eigenvalue weighted by Crippen LogP contribution is 2.51. The normalized spacial score (nSPS) is 32.7. The van der Waals surface area contributed by atoms with Crippen molar-refractivity contribution in [1.29, 1.82) is 0 Å². The molecule has 1 saturated carbocycles. The molecule has 0 radical (unpaired) electrons. The average molecular weight is 320 g/mol. The van der Waals surface area contributed by atoms with E-state index in [0.29, 0.717) is 0 Å². The van der Waals surface area contributed by atoms with Crippen LogP contribution in [-0.2, 0) is 4.74 Å². The number of aromatic nitrogens is 2. The summed E-state index contributed by atoms with van der Waals surface area (Å²) in [6.07, 6.45) is 5.73. The van der Waals surface area contributed by atoms with Crippen molar-refractivity contribution < 1.29 is 9.53 Å². The van der Waals surface area contributed by atoms with Gasteiger partial charge in [-0.2, -0.15) is 5.10 Å². The predicted octanol–water partition coefficient (Wildman–Crippen LogP) is 2.35. The van der Waals surface area contributed by atoms with Gasteiger partial charge in [-0.25, -0.2) is 4.79 Å². The van der Waals surface area contributed by atoms with Gasteiger partial charge in [0, 0.05) is 37.9 Å². The van der Waals surface area contributed by atoms with Crippen molar-refractivity contribution in [2.75, 3.05) is 20.2 Å². The molecular weight excluding hydrogens is 292 g/mol. The zero-order valence-electron chi connectivity index (χ0n) is 14.8. The summed E-state index contributed by atoms with van der Waals surface area (Å²) in [4.78, 5) is 14.5. The van der Waals surface area contributed by atoms with Crippen molar-refractivity contribution in [2.24, 2.45) is 5.41 Å². The van der Waals surface area contributed by atoms with Crippen LogP contribution < -0.4 is 5.32 Å². The predicted molar refractivity (Wildman–Crippen MR) is 88.3 cm³/mol. The molecule has 0 bridgehead atoms. The van der Waals surface area contributed by atoms with E-state index < -0.39 is 0 Å². The number of hydrogen-bond acceptors (Lipinski definition) is 3. The van der Waals surface area contributed by atoms with Gasteiger partial charge in [0.05, 0.1) is 17.8 Å². The molecule has 3 rings (SSSR count). The standard InChI is InChI=1S/C17H28N4O2/c1-12-9-18-21(10-12)13-6-7-20(11-13)15(22)19-14-8-17(4,23-5)16(14,2)3/h9-10,13-14H,6-8,11H2,1-5H3,(H,19,22). The number of aryl methyl sites for hydroxylation is 1. The third-order valence-corrected chi connectivity index (χ3v) is 6.13. The molecule has 6 heteroatoms. The Balaban J connectivity index is 1.56. The Morgan fingerprint density at radius 1 is 1.43 bits per heavy atom. The van der Waals surface area contributed by atoms with Crippen LogP contribution in [0.4, 0.5) is 4.79 Å². The molecule has 1 aliphatic carbocycles. The summed E-state index contributed by atoms with van der Waals surface area (Å²) in [5.74, 6) is 0. The van der Waals surface area contributed by atoms with Crippen LogP contribution >= 0.6 is 0 Å². The number of likely N-dealkylation sites (tertiary alicyclic amines) is 1. The lowest BCUT2D eigenvalue weighted by atomic mass is 9.56. The second-order valence-corrected chi connectivity index (χ2v) is 7.75. The van der Waals surface area contributed by atoms with Crippen molar-refractivity contribution in [1.82, 2.24) is 20.0 Å². The van der Waals surface area contributed by atoms with E-state index in [1.54, 1.807) is 7.11 Å². The molecule has 3 unspecified atom stereocenters. The highest BCUT2D eigenvalue weighted by Gasteiger charge is 2.58. The number of carbonyl (C=O) groups is 1. The maximum absolute atomic E-state index is 12.6. The summed E-state index contributed by atoms with van der Waals surface area (Å²) in [6, 6.07) is 0.478. The van der Waals surface area contributed by atoms with Crippen LogP contribution in [0.2, 0.25) is 0 Å². The minimum absolute atomic E-state index is 0.0348. The molecule has 2 aliphatic rings. The molecule has 0 aromatic carbocycles. The highest BCUT2D eigenvalue weighted by atomic mass is 16.5. The number of methoxy groups -OCH3 is 1. The Labute approximate surface area is 138 Å². The van der Waals surface area contributed by atoms with Crippen LogP contribution in [0.25, 0.3) is 0 Å². The minimum Gasteiger partial charge on any atom is -0.378 e. The first-order chi connectivity index (χ1) is 10.8. The number of ether oxygens (including phenoxy) is 1. The smallest absolute Gasteiger partial charge is 0.317 e. The Hall–Kier alpha value is -1.56. The van der Waals surface area contributed by atoms with E-state index >= 15 is 0 Å². The lowest BCUT2D eigenvalue weighted by molar-refractivity contribution is -0.177. The zero-order chi connectivity index (χ0) is 16.8. The van der Waals surface area contributed by atoms with Gasteiger partial charge in [0.1, 0.15) is 0 Å². The van der Waals surface area contributed by atoms with Gasteiger partial charge in [-0.15, -0.1) is 0 Å². The van der Waals surface area contributed by atoms with Gasteiger partial charge in [-0.1, -0.05) is 13.8 Å². The summed E-state index contributed by atoms with van der Waals surface area (Å²) in [7, 11) is 1.75. The molecule has 1 aromatic rings. The molecular formula is C17H28N4O2. The number of urea groups is 1. The van der Waals surface area contributed by atoms with Gasteiger partial charge in [0.25, 0.3) is 0 Å². The first-order valence-corrected chi connectivity index (χ1v) is 8.38. The first-order valence-electron chi connectivity index (χ1n) is 8.38. The van der Waals surface area contributed by atoms with Crippen LogP contribution in [-0.4, -0.2) is 52.6 Å². The van der Waals surface area contributed by atoms with Gasteiger partial charge >= 0.3 is 6.03 Å². The third kappa shape index (κ3) is 2.63. The number of carbonyl (C=O) groups excluding carboxylic acids is 1. The van der Waals surface area contributed by atoms with Crippen LogP contribution in [0.1, 0.15) is 45.2 Å². The van der Waals surface area contributed by atoms with Crippen LogP contribution in [0, 0.1) is 12.3 Å². The van der Waals surface area contributed by atoms with Crippen molar-refractivity contribution >= 4 is 6.03 Å². The largest absolute Gasteiger partial charge is 0.378 e. The van der Waals surface area contributed by atoms with Gasteiger partial charge in [-0.05, 0) is 32.3 Å². The molecule has 6 nitrogen and oxygen atoms in total. The number of nitrogens with one attached hydrogen (secondary N) is 1. The molecule has 2 amide bonds. The Morgan fingerprint density at radius 3 is 2.74 bits per heavy atom. The monoisotopic (exact) mass is 320 g/mol.